The lowest BCUT2D eigenvalue weighted by Crippen LogP contribution is -2.11. The summed E-state index contributed by atoms with van der Waals surface area (Å²) in [6.07, 6.45) is 3.83. The number of esters is 1. The van der Waals surface area contributed by atoms with Crippen LogP contribution in [0.2, 0.25) is 0 Å². The predicted octanol–water partition coefficient (Wildman–Crippen LogP) is 3.49. The van der Waals surface area contributed by atoms with Crippen molar-refractivity contribution in [3.8, 4) is 5.75 Å². The molecule has 98 valence electrons. The van der Waals surface area contributed by atoms with Gasteiger partial charge in [-0.05, 0) is 48.2 Å². The normalized spacial score (nSPS) is 11.9. The number of carbonyl (C=O) groups excluding carboxylic acids is 1. The van der Waals surface area contributed by atoms with Crippen LogP contribution in [0.5, 0.6) is 5.75 Å². The van der Waals surface area contributed by atoms with Crippen molar-refractivity contribution in [2.75, 3.05) is 0 Å². The van der Waals surface area contributed by atoms with Gasteiger partial charge in [-0.25, -0.2) is 0 Å². The molecule has 1 unspecified atom stereocenters. The summed E-state index contributed by atoms with van der Waals surface area (Å²) in [5.74, 6) is 0.516. The largest absolute Gasteiger partial charge is 0.427 e. The fourth-order valence-electron chi connectivity index (χ4n) is 1.91. The summed E-state index contributed by atoms with van der Waals surface area (Å²) in [7, 11) is 0. The molecular weight excluding hydrogens is 238 g/mol. The number of nitrogens with zero attached hydrogens (tertiary/aromatic N) is 1. The highest BCUT2D eigenvalue weighted by molar-refractivity contribution is 5.73. The van der Waals surface area contributed by atoms with Crippen LogP contribution in [0.3, 0.4) is 0 Å². The molecule has 1 heterocycles. The second-order valence-corrected chi connectivity index (χ2v) is 4.68. The molecule has 0 fully saturated rings. The van der Waals surface area contributed by atoms with Crippen LogP contribution in [-0.4, -0.2) is 11.0 Å². The van der Waals surface area contributed by atoms with E-state index in [0.29, 0.717) is 12.2 Å². The molecule has 0 aliphatic carbocycles. The fourth-order valence-corrected chi connectivity index (χ4v) is 1.91. The van der Waals surface area contributed by atoms with E-state index in [4.69, 9.17) is 4.74 Å². The van der Waals surface area contributed by atoms with Crippen LogP contribution in [0.15, 0.2) is 48.8 Å². The lowest BCUT2D eigenvalue weighted by atomic mass is 9.99. The molecule has 3 heteroatoms. The Kier molecular flexibility index (Phi) is 4.29. The number of hydrogen-bond donors (Lipinski definition) is 0. The monoisotopic (exact) mass is 255 g/mol. The molecule has 0 saturated heterocycles. The number of rotatable bonds is 4. The Balaban J connectivity index is 1.95. The molecule has 1 atom stereocenters. The number of carbonyl (C=O) groups is 1. The highest BCUT2D eigenvalue weighted by atomic mass is 16.5. The summed E-state index contributed by atoms with van der Waals surface area (Å²) < 4.78 is 5.33. The van der Waals surface area contributed by atoms with E-state index in [9.17, 15) is 4.79 Å². The maximum absolute atomic E-state index is 11.9. The van der Waals surface area contributed by atoms with E-state index in [1.54, 1.807) is 18.5 Å². The minimum atomic E-state index is -0.213. The van der Waals surface area contributed by atoms with Crippen LogP contribution in [0, 0.1) is 6.92 Å². The molecule has 0 aliphatic rings. The zero-order valence-corrected chi connectivity index (χ0v) is 11.2. The first-order valence-electron chi connectivity index (χ1n) is 6.32. The summed E-state index contributed by atoms with van der Waals surface area (Å²) >= 11 is 0. The first-order valence-corrected chi connectivity index (χ1v) is 6.32. The number of aromatic nitrogens is 1. The maximum Gasteiger partial charge on any atom is 0.311 e. The molecule has 1 aromatic heterocycles. The topological polar surface area (TPSA) is 39.2 Å². The van der Waals surface area contributed by atoms with Crippen molar-refractivity contribution in [2.45, 2.75) is 26.2 Å². The van der Waals surface area contributed by atoms with Gasteiger partial charge in [0.15, 0.2) is 0 Å². The van der Waals surface area contributed by atoms with Crippen molar-refractivity contribution >= 4 is 5.97 Å². The molecule has 0 radical (unpaired) electrons. The van der Waals surface area contributed by atoms with E-state index >= 15 is 0 Å². The molecule has 0 amide bonds. The smallest absolute Gasteiger partial charge is 0.311 e. The van der Waals surface area contributed by atoms with Crippen LogP contribution in [0.4, 0.5) is 0 Å². The van der Waals surface area contributed by atoms with E-state index in [2.05, 4.69) is 4.98 Å². The van der Waals surface area contributed by atoms with Gasteiger partial charge in [-0.15, -0.1) is 0 Å². The highest BCUT2D eigenvalue weighted by Gasteiger charge is 2.13. The van der Waals surface area contributed by atoms with Gasteiger partial charge < -0.3 is 4.74 Å². The van der Waals surface area contributed by atoms with Gasteiger partial charge >= 0.3 is 5.97 Å². The van der Waals surface area contributed by atoms with Crippen LogP contribution < -0.4 is 4.74 Å². The van der Waals surface area contributed by atoms with Gasteiger partial charge in [-0.1, -0.05) is 19.1 Å². The third-order valence-electron chi connectivity index (χ3n) is 2.97. The molecule has 0 aliphatic heterocycles. The maximum atomic E-state index is 11.9. The van der Waals surface area contributed by atoms with Crippen molar-refractivity contribution in [2.24, 2.45) is 0 Å². The SMILES string of the molecule is Cc1cccc(OC(=O)CC(C)c2ccncc2)c1. The summed E-state index contributed by atoms with van der Waals surface area (Å²) in [4.78, 5) is 15.8. The van der Waals surface area contributed by atoms with Crippen LogP contribution in [0.1, 0.15) is 30.4 Å². The number of benzene rings is 1. The van der Waals surface area contributed by atoms with Crippen LogP contribution in [-0.2, 0) is 4.79 Å². The zero-order valence-electron chi connectivity index (χ0n) is 11.2. The first-order chi connectivity index (χ1) is 9.15. The van der Waals surface area contributed by atoms with E-state index in [0.717, 1.165) is 11.1 Å². The number of hydrogen-bond acceptors (Lipinski definition) is 3. The van der Waals surface area contributed by atoms with Crippen LogP contribution >= 0.6 is 0 Å². The zero-order chi connectivity index (χ0) is 13.7. The molecule has 3 nitrogen and oxygen atoms in total. The lowest BCUT2D eigenvalue weighted by molar-refractivity contribution is -0.134. The Morgan fingerprint density at radius 1 is 1.26 bits per heavy atom. The number of aryl methyl sites for hydroxylation is 1. The highest BCUT2D eigenvalue weighted by Crippen LogP contribution is 2.20. The van der Waals surface area contributed by atoms with Gasteiger partial charge in [-0.2, -0.15) is 0 Å². The molecule has 0 saturated carbocycles. The van der Waals surface area contributed by atoms with Crippen molar-refractivity contribution in [1.82, 2.24) is 4.98 Å². The summed E-state index contributed by atoms with van der Waals surface area (Å²) in [6.45, 7) is 3.98. The third kappa shape index (κ3) is 3.91. The van der Waals surface area contributed by atoms with Gasteiger partial charge in [0.2, 0.25) is 0 Å². The van der Waals surface area contributed by atoms with E-state index < -0.39 is 0 Å². The van der Waals surface area contributed by atoms with Gasteiger partial charge in [0, 0.05) is 12.4 Å². The second-order valence-electron chi connectivity index (χ2n) is 4.68. The average molecular weight is 255 g/mol. The minimum absolute atomic E-state index is 0.125. The molecule has 2 aromatic rings. The van der Waals surface area contributed by atoms with Gasteiger partial charge in [0.25, 0.3) is 0 Å². The summed E-state index contributed by atoms with van der Waals surface area (Å²) in [5, 5.41) is 0. The Labute approximate surface area is 113 Å². The van der Waals surface area contributed by atoms with Gasteiger partial charge in [0.05, 0.1) is 6.42 Å². The number of pyridine rings is 1. The molecule has 0 N–H and O–H groups in total. The number of ether oxygens (including phenoxy) is 1. The van der Waals surface area contributed by atoms with E-state index in [1.807, 2.05) is 44.2 Å². The van der Waals surface area contributed by atoms with Gasteiger partial charge in [0.1, 0.15) is 5.75 Å². The minimum Gasteiger partial charge on any atom is -0.427 e. The lowest BCUT2D eigenvalue weighted by Gasteiger charge is -2.11. The van der Waals surface area contributed by atoms with Crippen molar-refractivity contribution in [1.29, 1.82) is 0 Å². The second kappa shape index (κ2) is 6.14. The fraction of sp³-hybridized carbons (Fsp3) is 0.250. The summed E-state index contributed by atoms with van der Waals surface area (Å²) in [6, 6.07) is 11.3. The molecular formula is C16H17NO2. The first kappa shape index (κ1) is 13.3. The van der Waals surface area contributed by atoms with Crippen molar-refractivity contribution < 1.29 is 9.53 Å². The molecule has 0 spiro atoms. The Morgan fingerprint density at radius 2 is 2.00 bits per heavy atom. The summed E-state index contributed by atoms with van der Waals surface area (Å²) in [5.41, 5.74) is 2.17. The Hall–Kier alpha value is -2.16. The average Bonchev–Trinajstić information content (AvgIpc) is 2.39. The Morgan fingerprint density at radius 3 is 2.68 bits per heavy atom. The van der Waals surface area contributed by atoms with Crippen molar-refractivity contribution in [3.63, 3.8) is 0 Å². The molecule has 0 bridgehead atoms. The molecule has 1 aromatic carbocycles. The quantitative estimate of drug-likeness (QED) is 0.620. The van der Waals surface area contributed by atoms with E-state index in [1.165, 1.54) is 0 Å². The standard InChI is InChI=1S/C16H17NO2/c1-12-4-3-5-15(10-12)19-16(18)11-13(2)14-6-8-17-9-7-14/h3-10,13H,11H2,1-2H3. The van der Waals surface area contributed by atoms with Crippen LogP contribution in [0.25, 0.3) is 0 Å². The van der Waals surface area contributed by atoms with E-state index in [-0.39, 0.29) is 11.9 Å². The third-order valence-corrected chi connectivity index (χ3v) is 2.97. The van der Waals surface area contributed by atoms with Gasteiger partial charge in [-0.3, -0.25) is 9.78 Å². The molecule has 19 heavy (non-hydrogen) atoms. The molecule has 2 rings (SSSR count). The predicted molar refractivity (Wildman–Crippen MR) is 74.1 cm³/mol. The van der Waals surface area contributed by atoms with Crippen molar-refractivity contribution in [3.05, 3.63) is 59.9 Å². The Bertz CT molecular complexity index is 552.